The van der Waals surface area contributed by atoms with E-state index < -0.39 is 0 Å². The van der Waals surface area contributed by atoms with Gasteiger partial charge >= 0.3 is 0 Å². The molecule has 92 valence electrons. The van der Waals surface area contributed by atoms with E-state index in [9.17, 15) is 4.79 Å². The van der Waals surface area contributed by atoms with E-state index >= 15 is 0 Å². The molecular formula is C13H17ClN2O. The summed E-state index contributed by atoms with van der Waals surface area (Å²) in [6, 6.07) is 7.51. The first kappa shape index (κ1) is 12.4. The summed E-state index contributed by atoms with van der Waals surface area (Å²) in [6.45, 7) is 4.85. The summed E-state index contributed by atoms with van der Waals surface area (Å²) < 4.78 is 0. The number of hydrogen-bond acceptors (Lipinski definition) is 2. The van der Waals surface area contributed by atoms with Crippen LogP contribution in [0.3, 0.4) is 0 Å². The Balaban J connectivity index is 2.32. The van der Waals surface area contributed by atoms with Gasteiger partial charge < -0.3 is 10.2 Å². The minimum absolute atomic E-state index is 0.123. The highest BCUT2D eigenvalue weighted by atomic mass is 35.5. The molecule has 1 fully saturated rings. The lowest BCUT2D eigenvalue weighted by Crippen LogP contribution is -2.44. The van der Waals surface area contributed by atoms with Gasteiger partial charge in [-0.25, -0.2) is 0 Å². The second kappa shape index (κ2) is 5.07. The summed E-state index contributed by atoms with van der Waals surface area (Å²) in [5.74, 6) is 0.123. The molecule has 0 aliphatic carbocycles. The second-order valence-electron chi connectivity index (χ2n) is 4.50. The van der Waals surface area contributed by atoms with Crippen molar-refractivity contribution in [2.45, 2.75) is 32.4 Å². The van der Waals surface area contributed by atoms with Gasteiger partial charge in [-0.05, 0) is 51.1 Å². The number of nitrogens with zero attached hydrogens (tertiary/aromatic N) is 1. The molecule has 1 saturated heterocycles. The van der Waals surface area contributed by atoms with Crippen LogP contribution in [0.2, 0.25) is 5.02 Å². The van der Waals surface area contributed by atoms with E-state index in [1.54, 1.807) is 0 Å². The van der Waals surface area contributed by atoms with Crippen molar-refractivity contribution in [2.24, 2.45) is 0 Å². The lowest BCUT2D eigenvalue weighted by Gasteiger charge is -2.28. The van der Waals surface area contributed by atoms with Crippen molar-refractivity contribution in [1.82, 2.24) is 5.32 Å². The van der Waals surface area contributed by atoms with Crippen LogP contribution in [0.4, 0.5) is 5.69 Å². The van der Waals surface area contributed by atoms with Crippen LogP contribution < -0.4 is 10.2 Å². The van der Waals surface area contributed by atoms with Gasteiger partial charge in [0.15, 0.2) is 0 Å². The third-order valence-corrected chi connectivity index (χ3v) is 3.42. The summed E-state index contributed by atoms with van der Waals surface area (Å²) >= 11 is 5.87. The molecule has 2 rings (SSSR count). The molecule has 17 heavy (non-hydrogen) atoms. The number of carbonyl (C=O) groups is 1. The average molecular weight is 253 g/mol. The molecule has 0 saturated carbocycles. The standard InChI is InChI=1S/C13H17ClN2O/c1-9-7-8-15-10(2)13(17)16(9)12-5-3-11(14)4-6-12/h3-6,9-10,15H,7-8H2,1-2H3. The maximum atomic E-state index is 12.3. The Morgan fingerprint density at radius 1 is 1.29 bits per heavy atom. The predicted octanol–water partition coefficient (Wildman–Crippen LogP) is 2.44. The second-order valence-corrected chi connectivity index (χ2v) is 4.93. The smallest absolute Gasteiger partial charge is 0.244 e. The van der Waals surface area contributed by atoms with Crippen LogP contribution >= 0.6 is 11.6 Å². The monoisotopic (exact) mass is 252 g/mol. The van der Waals surface area contributed by atoms with Crippen molar-refractivity contribution in [3.63, 3.8) is 0 Å². The first-order chi connectivity index (χ1) is 8.09. The van der Waals surface area contributed by atoms with Gasteiger partial charge in [-0.1, -0.05) is 11.6 Å². The van der Waals surface area contributed by atoms with Gasteiger partial charge in [-0.15, -0.1) is 0 Å². The molecule has 1 aromatic carbocycles. The van der Waals surface area contributed by atoms with Crippen LogP contribution in [-0.2, 0) is 4.79 Å². The van der Waals surface area contributed by atoms with Crippen molar-refractivity contribution < 1.29 is 4.79 Å². The molecule has 3 nitrogen and oxygen atoms in total. The van der Waals surface area contributed by atoms with Crippen molar-refractivity contribution in [1.29, 1.82) is 0 Å². The zero-order valence-corrected chi connectivity index (χ0v) is 10.9. The minimum atomic E-state index is -0.129. The van der Waals surface area contributed by atoms with Gasteiger partial charge in [0, 0.05) is 16.8 Å². The number of nitrogens with one attached hydrogen (secondary N) is 1. The lowest BCUT2D eigenvalue weighted by atomic mass is 10.1. The molecule has 2 unspecified atom stereocenters. The Bertz CT molecular complexity index is 404. The average Bonchev–Trinajstić information content (AvgIpc) is 2.42. The molecule has 1 aromatic rings. The van der Waals surface area contributed by atoms with E-state index in [4.69, 9.17) is 11.6 Å². The highest BCUT2D eigenvalue weighted by Gasteiger charge is 2.28. The summed E-state index contributed by atoms with van der Waals surface area (Å²) in [5, 5.41) is 3.91. The molecule has 1 aliphatic heterocycles. The number of carbonyl (C=O) groups excluding carboxylic acids is 1. The zero-order chi connectivity index (χ0) is 12.4. The fourth-order valence-electron chi connectivity index (χ4n) is 2.13. The van der Waals surface area contributed by atoms with Crippen LogP contribution in [0, 0.1) is 0 Å². The van der Waals surface area contributed by atoms with Crippen LogP contribution in [0.5, 0.6) is 0 Å². The molecule has 0 radical (unpaired) electrons. The topological polar surface area (TPSA) is 32.3 Å². The lowest BCUT2D eigenvalue weighted by molar-refractivity contribution is -0.120. The van der Waals surface area contributed by atoms with Crippen LogP contribution in [-0.4, -0.2) is 24.5 Å². The summed E-state index contributed by atoms with van der Waals surface area (Å²) in [6.07, 6.45) is 0.957. The van der Waals surface area contributed by atoms with Crippen LogP contribution in [0.25, 0.3) is 0 Å². The van der Waals surface area contributed by atoms with E-state index in [0.717, 1.165) is 18.7 Å². The Morgan fingerprint density at radius 2 is 1.94 bits per heavy atom. The first-order valence-corrected chi connectivity index (χ1v) is 6.29. The van der Waals surface area contributed by atoms with Gasteiger partial charge in [0.2, 0.25) is 5.91 Å². The molecular weight excluding hydrogens is 236 g/mol. The van der Waals surface area contributed by atoms with Crippen molar-refractivity contribution >= 4 is 23.2 Å². The van der Waals surface area contributed by atoms with Crippen molar-refractivity contribution in [2.75, 3.05) is 11.4 Å². The van der Waals surface area contributed by atoms with E-state index in [-0.39, 0.29) is 18.0 Å². The Hall–Kier alpha value is -1.06. The fraction of sp³-hybridized carbons (Fsp3) is 0.462. The van der Waals surface area contributed by atoms with Gasteiger partial charge in [-0.2, -0.15) is 0 Å². The summed E-state index contributed by atoms with van der Waals surface area (Å²) in [7, 11) is 0. The van der Waals surface area contributed by atoms with Crippen LogP contribution in [0.15, 0.2) is 24.3 Å². The molecule has 4 heteroatoms. The van der Waals surface area contributed by atoms with Crippen molar-refractivity contribution in [3.05, 3.63) is 29.3 Å². The highest BCUT2D eigenvalue weighted by molar-refractivity contribution is 6.30. The summed E-state index contributed by atoms with van der Waals surface area (Å²) in [5.41, 5.74) is 0.919. The molecule has 1 N–H and O–H groups in total. The number of amides is 1. The summed E-state index contributed by atoms with van der Waals surface area (Å²) in [4.78, 5) is 14.1. The Labute approximate surface area is 107 Å². The minimum Gasteiger partial charge on any atom is -0.308 e. The van der Waals surface area contributed by atoms with Gasteiger partial charge in [0.25, 0.3) is 0 Å². The van der Waals surface area contributed by atoms with E-state index in [1.807, 2.05) is 36.1 Å². The van der Waals surface area contributed by atoms with Crippen LogP contribution in [0.1, 0.15) is 20.3 Å². The first-order valence-electron chi connectivity index (χ1n) is 5.91. The van der Waals surface area contributed by atoms with Gasteiger partial charge in [0.1, 0.15) is 0 Å². The fourth-order valence-corrected chi connectivity index (χ4v) is 2.26. The Morgan fingerprint density at radius 3 is 2.59 bits per heavy atom. The van der Waals surface area contributed by atoms with E-state index in [2.05, 4.69) is 12.2 Å². The number of halogens is 1. The number of hydrogen-bond donors (Lipinski definition) is 1. The third kappa shape index (κ3) is 2.61. The van der Waals surface area contributed by atoms with Crippen molar-refractivity contribution in [3.8, 4) is 0 Å². The molecule has 0 aromatic heterocycles. The Kier molecular flexibility index (Phi) is 3.69. The molecule has 1 aliphatic rings. The quantitative estimate of drug-likeness (QED) is 0.833. The number of benzene rings is 1. The molecule has 1 amide bonds. The normalized spacial score (nSPS) is 25.8. The highest BCUT2D eigenvalue weighted by Crippen LogP contribution is 2.23. The van der Waals surface area contributed by atoms with E-state index in [0.29, 0.717) is 5.02 Å². The number of anilines is 1. The molecule has 0 spiro atoms. The van der Waals surface area contributed by atoms with Gasteiger partial charge in [-0.3, -0.25) is 4.79 Å². The SMILES string of the molecule is CC1NCCC(C)N(c2ccc(Cl)cc2)C1=O. The molecule has 2 atom stereocenters. The molecule has 0 bridgehead atoms. The molecule has 1 heterocycles. The largest absolute Gasteiger partial charge is 0.308 e. The predicted molar refractivity (Wildman–Crippen MR) is 70.5 cm³/mol. The maximum absolute atomic E-state index is 12.3. The third-order valence-electron chi connectivity index (χ3n) is 3.17. The maximum Gasteiger partial charge on any atom is 0.244 e. The zero-order valence-electron chi connectivity index (χ0n) is 10.1. The van der Waals surface area contributed by atoms with Gasteiger partial charge in [0.05, 0.1) is 6.04 Å². The number of rotatable bonds is 1. The van der Waals surface area contributed by atoms with E-state index in [1.165, 1.54) is 0 Å².